The minimum atomic E-state index is -0.0680. The topological polar surface area (TPSA) is 58.8 Å². The molecule has 2 aromatic rings. The largest absolute Gasteiger partial charge is 0.361 e. The molecule has 0 spiro atoms. The summed E-state index contributed by atoms with van der Waals surface area (Å²) >= 11 is 0. The Bertz CT molecular complexity index is 761. The van der Waals surface area contributed by atoms with Gasteiger partial charge in [0, 0.05) is 18.5 Å². The van der Waals surface area contributed by atoms with Crippen molar-refractivity contribution in [1.82, 2.24) is 15.1 Å². The highest BCUT2D eigenvalue weighted by atomic mass is 16.7. The van der Waals surface area contributed by atoms with Gasteiger partial charge in [-0.05, 0) is 24.8 Å². The highest BCUT2D eigenvalue weighted by Crippen LogP contribution is 2.39. The number of hydrogen-bond donors (Lipinski definition) is 0. The Hall–Kier alpha value is -2.34. The van der Waals surface area contributed by atoms with Crippen molar-refractivity contribution in [2.45, 2.75) is 57.7 Å². The number of piperidine rings is 1. The molecular weight excluding hydrogens is 330 g/mol. The molecule has 138 valence electrons. The lowest BCUT2D eigenvalue weighted by atomic mass is 9.97. The first kappa shape index (κ1) is 17.1. The summed E-state index contributed by atoms with van der Waals surface area (Å²) in [7, 11) is 0. The SMILES string of the molecule is CC[C@@H](C)c1cc([C@@H]2CC[C@@H]3CN2C(=O)N3OCc2ccccc2)no1. The van der Waals surface area contributed by atoms with Gasteiger partial charge in [0.15, 0.2) is 0 Å². The van der Waals surface area contributed by atoms with Gasteiger partial charge in [-0.1, -0.05) is 49.3 Å². The fraction of sp³-hybridized carbons (Fsp3) is 0.500. The van der Waals surface area contributed by atoms with Gasteiger partial charge in [0.1, 0.15) is 18.1 Å². The van der Waals surface area contributed by atoms with Gasteiger partial charge in [-0.3, -0.25) is 4.84 Å². The summed E-state index contributed by atoms with van der Waals surface area (Å²) in [6.07, 6.45) is 2.80. The number of rotatable bonds is 6. The van der Waals surface area contributed by atoms with Crippen molar-refractivity contribution < 1.29 is 14.2 Å². The normalized spacial score (nSPS) is 23.5. The Labute approximate surface area is 153 Å². The average molecular weight is 355 g/mol. The second-order valence-corrected chi connectivity index (χ2v) is 7.23. The first-order valence-electron chi connectivity index (χ1n) is 9.40. The van der Waals surface area contributed by atoms with Gasteiger partial charge in [-0.15, -0.1) is 0 Å². The van der Waals surface area contributed by atoms with Crippen LogP contribution in [0.25, 0.3) is 0 Å². The number of urea groups is 1. The zero-order valence-electron chi connectivity index (χ0n) is 15.3. The molecule has 0 radical (unpaired) electrons. The van der Waals surface area contributed by atoms with Crippen LogP contribution in [0.2, 0.25) is 0 Å². The molecule has 6 heteroatoms. The van der Waals surface area contributed by atoms with Crippen molar-refractivity contribution in [3.8, 4) is 0 Å². The van der Waals surface area contributed by atoms with Crippen LogP contribution in [0.3, 0.4) is 0 Å². The number of amides is 2. The Morgan fingerprint density at radius 3 is 2.88 bits per heavy atom. The standard InChI is InChI=1S/C20H25N3O3/c1-3-14(2)19-11-17(21-26-19)18-10-9-16-12-22(18)20(24)23(16)25-13-15-7-5-4-6-8-15/h4-8,11,14,16,18H,3,9-10,12-13H2,1-2H3/t14-,16-,18+/m1/s1. The number of benzene rings is 1. The molecule has 2 fully saturated rings. The minimum absolute atomic E-state index is 0.0226. The molecule has 1 aromatic heterocycles. The van der Waals surface area contributed by atoms with Crippen molar-refractivity contribution in [2.75, 3.05) is 6.54 Å². The molecule has 1 aromatic carbocycles. The lowest BCUT2D eigenvalue weighted by Crippen LogP contribution is -2.34. The van der Waals surface area contributed by atoms with Crippen molar-refractivity contribution in [3.63, 3.8) is 0 Å². The van der Waals surface area contributed by atoms with E-state index in [0.717, 1.165) is 36.3 Å². The third kappa shape index (κ3) is 3.09. The van der Waals surface area contributed by atoms with Gasteiger partial charge in [-0.2, -0.15) is 5.06 Å². The predicted octanol–water partition coefficient (Wildman–Crippen LogP) is 4.26. The summed E-state index contributed by atoms with van der Waals surface area (Å²) in [6, 6.07) is 12.0. The van der Waals surface area contributed by atoms with Gasteiger partial charge >= 0.3 is 6.03 Å². The molecule has 3 heterocycles. The van der Waals surface area contributed by atoms with E-state index in [-0.39, 0.29) is 18.1 Å². The van der Waals surface area contributed by atoms with Gasteiger partial charge in [-0.25, -0.2) is 4.79 Å². The number of hydrogen-bond acceptors (Lipinski definition) is 4. The van der Waals surface area contributed by atoms with E-state index < -0.39 is 0 Å². The van der Waals surface area contributed by atoms with Crippen LogP contribution in [0, 0.1) is 0 Å². The van der Waals surface area contributed by atoms with Crippen LogP contribution in [-0.4, -0.2) is 33.7 Å². The van der Waals surface area contributed by atoms with Crippen LogP contribution in [0.15, 0.2) is 40.9 Å². The molecule has 2 bridgehead atoms. The fourth-order valence-corrected chi connectivity index (χ4v) is 3.72. The van der Waals surface area contributed by atoms with Crippen molar-refractivity contribution >= 4 is 6.03 Å². The Morgan fingerprint density at radius 1 is 1.31 bits per heavy atom. The smallest absolute Gasteiger partial charge is 0.344 e. The van der Waals surface area contributed by atoms with E-state index in [1.54, 1.807) is 5.06 Å². The fourth-order valence-electron chi connectivity index (χ4n) is 3.72. The van der Waals surface area contributed by atoms with Crippen LogP contribution in [0.4, 0.5) is 4.79 Å². The molecule has 2 saturated heterocycles. The number of nitrogens with zero attached hydrogens (tertiary/aromatic N) is 3. The molecule has 0 saturated carbocycles. The number of carbonyl (C=O) groups excluding carboxylic acids is 1. The van der Waals surface area contributed by atoms with Gasteiger partial charge in [0.25, 0.3) is 0 Å². The van der Waals surface area contributed by atoms with Crippen LogP contribution < -0.4 is 0 Å². The molecule has 2 aliphatic heterocycles. The summed E-state index contributed by atoms with van der Waals surface area (Å²) in [5.74, 6) is 1.24. The van der Waals surface area contributed by atoms with Crippen molar-refractivity contribution in [3.05, 3.63) is 53.4 Å². The maximum atomic E-state index is 12.9. The van der Waals surface area contributed by atoms with Crippen LogP contribution in [-0.2, 0) is 11.4 Å². The molecule has 2 amide bonds. The van der Waals surface area contributed by atoms with E-state index in [0.29, 0.717) is 19.1 Å². The van der Waals surface area contributed by atoms with E-state index in [1.807, 2.05) is 41.3 Å². The second-order valence-electron chi connectivity index (χ2n) is 7.23. The monoisotopic (exact) mass is 355 g/mol. The third-order valence-corrected chi connectivity index (χ3v) is 5.52. The molecule has 0 aliphatic carbocycles. The summed E-state index contributed by atoms with van der Waals surface area (Å²) in [5, 5.41) is 5.81. The van der Waals surface area contributed by atoms with E-state index >= 15 is 0 Å². The zero-order valence-corrected chi connectivity index (χ0v) is 15.3. The van der Waals surface area contributed by atoms with Crippen LogP contribution in [0.5, 0.6) is 0 Å². The van der Waals surface area contributed by atoms with Gasteiger partial charge in [0.2, 0.25) is 0 Å². The lowest BCUT2D eigenvalue weighted by Gasteiger charge is -2.28. The van der Waals surface area contributed by atoms with E-state index in [4.69, 9.17) is 9.36 Å². The first-order valence-corrected chi connectivity index (χ1v) is 9.40. The molecule has 26 heavy (non-hydrogen) atoms. The molecule has 3 atom stereocenters. The van der Waals surface area contributed by atoms with Crippen molar-refractivity contribution in [2.24, 2.45) is 0 Å². The van der Waals surface area contributed by atoms with Crippen molar-refractivity contribution in [1.29, 1.82) is 0 Å². The molecule has 0 N–H and O–H groups in total. The van der Waals surface area contributed by atoms with Gasteiger partial charge in [0.05, 0.1) is 12.1 Å². The summed E-state index contributed by atoms with van der Waals surface area (Å²) in [5.41, 5.74) is 1.92. The summed E-state index contributed by atoms with van der Waals surface area (Å²) < 4.78 is 5.51. The van der Waals surface area contributed by atoms with Crippen LogP contribution >= 0.6 is 0 Å². The summed E-state index contributed by atoms with van der Waals surface area (Å²) in [4.78, 5) is 20.6. The Morgan fingerprint density at radius 2 is 2.12 bits per heavy atom. The third-order valence-electron chi connectivity index (χ3n) is 5.52. The molecule has 0 unspecified atom stereocenters. The first-order chi connectivity index (χ1) is 12.7. The van der Waals surface area contributed by atoms with Crippen LogP contribution in [0.1, 0.15) is 62.1 Å². The minimum Gasteiger partial charge on any atom is -0.361 e. The van der Waals surface area contributed by atoms with E-state index in [9.17, 15) is 4.79 Å². The number of aromatic nitrogens is 1. The lowest BCUT2D eigenvalue weighted by molar-refractivity contribution is -0.140. The second kappa shape index (κ2) is 7.11. The number of fused-ring (bicyclic) bond motifs is 2. The Balaban J connectivity index is 1.45. The molecule has 6 nitrogen and oxygen atoms in total. The number of carbonyl (C=O) groups is 1. The molecule has 4 rings (SSSR count). The predicted molar refractivity (Wildman–Crippen MR) is 96.1 cm³/mol. The highest BCUT2D eigenvalue weighted by Gasteiger charge is 2.46. The zero-order chi connectivity index (χ0) is 18.1. The maximum Gasteiger partial charge on any atom is 0.344 e. The van der Waals surface area contributed by atoms with Gasteiger partial charge < -0.3 is 9.42 Å². The maximum absolute atomic E-state index is 12.9. The summed E-state index contributed by atoms with van der Waals surface area (Å²) in [6.45, 7) is 5.35. The molecule has 2 aliphatic rings. The highest BCUT2D eigenvalue weighted by molar-refractivity contribution is 5.77. The quantitative estimate of drug-likeness (QED) is 0.777. The molecular formula is C20H25N3O3. The average Bonchev–Trinajstić information content (AvgIpc) is 3.26. The number of hydroxylamine groups is 2. The van der Waals surface area contributed by atoms with E-state index in [1.165, 1.54) is 0 Å². The Kier molecular flexibility index (Phi) is 4.68. The van der Waals surface area contributed by atoms with E-state index in [2.05, 4.69) is 19.0 Å².